The number of nitrogens with one attached hydrogen (secondary N) is 1. The minimum atomic E-state index is -4.99. The number of carbonyl (C=O) groups is 3. The molecule has 1 aliphatic heterocycles. The highest BCUT2D eigenvalue weighted by Crippen LogP contribution is 2.40. The lowest BCUT2D eigenvalue weighted by molar-refractivity contribution is -0.143. The molecule has 0 atom stereocenters. The van der Waals surface area contributed by atoms with Crippen LogP contribution in [0, 0.1) is 0 Å². The van der Waals surface area contributed by atoms with Crippen molar-refractivity contribution in [3.8, 4) is 11.1 Å². The van der Waals surface area contributed by atoms with E-state index in [9.17, 15) is 40.7 Å². The molecule has 0 aliphatic carbocycles. The summed E-state index contributed by atoms with van der Waals surface area (Å²) in [5, 5.41) is 20.3. The van der Waals surface area contributed by atoms with Crippen molar-refractivity contribution in [2.75, 3.05) is 17.6 Å². The summed E-state index contributed by atoms with van der Waals surface area (Å²) in [7, 11) is 0. The normalized spacial score (nSPS) is 15.1. The Kier molecular flexibility index (Phi) is 9.65. The summed E-state index contributed by atoms with van der Waals surface area (Å²) in [6, 6.07) is 2.67. The molecule has 2 N–H and O–H groups in total. The molecule has 0 radical (unpaired) electrons. The van der Waals surface area contributed by atoms with Gasteiger partial charge in [0.05, 0.1) is 21.8 Å². The minimum absolute atomic E-state index is 0.0506. The number of thiocarbonyl (C=S) groups is 1. The van der Waals surface area contributed by atoms with E-state index in [0.717, 1.165) is 46.2 Å². The zero-order valence-corrected chi connectivity index (χ0v) is 24.5. The first-order chi connectivity index (χ1) is 19.6. The number of amides is 2. The number of hydrogen-bond donors (Lipinski definition) is 2. The Bertz CT molecular complexity index is 1550. The van der Waals surface area contributed by atoms with Crippen molar-refractivity contribution in [3.63, 3.8) is 0 Å². The molecule has 0 bridgehead atoms. The molecule has 8 nitrogen and oxygen atoms in total. The molecule has 0 spiro atoms. The number of hydrogen-bond acceptors (Lipinski definition) is 10. The number of nitrogens with zero attached hydrogens (tertiary/aromatic N) is 3. The molecule has 1 fully saturated rings. The van der Waals surface area contributed by atoms with Crippen LogP contribution in [0.25, 0.3) is 17.2 Å². The third-order valence-corrected chi connectivity index (χ3v) is 9.44. The molecule has 0 unspecified atom stereocenters. The van der Waals surface area contributed by atoms with E-state index < -0.39 is 41.3 Å². The summed E-state index contributed by atoms with van der Waals surface area (Å²) in [5.41, 5.74) is -3.05. The number of aliphatic carboxylic acids is 1. The van der Waals surface area contributed by atoms with Gasteiger partial charge in [-0.15, -0.1) is 21.5 Å². The van der Waals surface area contributed by atoms with E-state index in [1.54, 1.807) is 0 Å². The quantitative estimate of drug-likeness (QED) is 0.0835. The van der Waals surface area contributed by atoms with Crippen molar-refractivity contribution < 1.29 is 45.8 Å². The van der Waals surface area contributed by atoms with Gasteiger partial charge in [0.2, 0.25) is 11.0 Å². The Hall–Kier alpha value is -3.00. The zero-order chi connectivity index (χ0) is 30.8. The van der Waals surface area contributed by atoms with Crippen LogP contribution >= 0.6 is 58.4 Å². The summed E-state index contributed by atoms with van der Waals surface area (Å²) in [6.45, 7) is -0.0760. The lowest BCUT2D eigenvalue weighted by atomic mass is 10.0. The Morgan fingerprint density at radius 2 is 1.71 bits per heavy atom. The van der Waals surface area contributed by atoms with Gasteiger partial charge in [0.1, 0.15) is 4.32 Å². The highest BCUT2D eigenvalue weighted by atomic mass is 32.2. The summed E-state index contributed by atoms with van der Waals surface area (Å²) >= 11 is 9.11. The van der Waals surface area contributed by atoms with Crippen molar-refractivity contribution in [2.24, 2.45) is 0 Å². The Balaban J connectivity index is 1.42. The highest BCUT2D eigenvalue weighted by molar-refractivity contribution is 8.26. The molecule has 2 amide bonds. The first-order valence-electron chi connectivity index (χ1n) is 11.2. The maximum Gasteiger partial charge on any atom is 0.416 e. The predicted octanol–water partition coefficient (Wildman–Crippen LogP) is 6.71. The van der Waals surface area contributed by atoms with Crippen LogP contribution in [0.1, 0.15) is 22.4 Å². The molecule has 2 aromatic heterocycles. The fourth-order valence-corrected chi connectivity index (χ4v) is 7.07. The number of thioether (sulfide) groups is 2. The number of benzene rings is 1. The predicted molar refractivity (Wildman–Crippen MR) is 151 cm³/mol. The fourth-order valence-electron chi connectivity index (χ4n) is 3.36. The van der Waals surface area contributed by atoms with Gasteiger partial charge in [-0.3, -0.25) is 19.3 Å². The second-order valence-corrected chi connectivity index (χ2v) is 13.0. The van der Waals surface area contributed by atoms with Crippen LogP contribution in [-0.4, -0.2) is 54.6 Å². The van der Waals surface area contributed by atoms with Crippen LogP contribution in [0.15, 0.2) is 38.9 Å². The number of carboxylic acids is 1. The number of anilines is 1. The maximum atomic E-state index is 13.2. The van der Waals surface area contributed by atoms with Gasteiger partial charge in [-0.05, 0) is 46.8 Å². The molecule has 1 aliphatic rings. The Morgan fingerprint density at radius 3 is 2.33 bits per heavy atom. The number of aromatic nitrogens is 2. The lowest BCUT2D eigenvalue weighted by Crippen LogP contribution is -2.31. The Labute approximate surface area is 254 Å². The molecule has 1 saturated heterocycles. The molecule has 3 aromatic rings. The first kappa shape index (κ1) is 31.9. The SMILES string of the molecule is O=C(O)CSc1nnc(NC(=O)CCN2C(=O)/C(=C/c3cc(-c4cc(C(F)(F)F)cc(C(F)(F)F)c4)cs3)SC2=S)s1. The maximum absolute atomic E-state index is 13.2. The van der Waals surface area contributed by atoms with Crippen LogP contribution in [0.4, 0.5) is 31.5 Å². The number of alkyl halides is 6. The van der Waals surface area contributed by atoms with E-state index in [0.29, 0.717) is 21.3 Å². The number of halogens is 6. The summed E-state index contributed by atoms with van der Waals surface area (Å²) in [5.74, 6) is -2.27. The van der Waals surface area contributed by atoms with E-state index in [4.69, 9.17) is 17.3 Å². The highest BCUT2D eigenvalue weighted by Gasteiger charge is 2.37. The molecular weight excluding hydrogens is 671 g/mol. The second kappa shape index (κ2) is 12.7. The fraction of sp³-hybridized carbons (Fsp3) is 0.217. The van der Waals surface area contributed by atoms with Crippen LogP contribution < -0.4 is 5.32 Å². The van der Waals surface area contributed by atoms with Crippen molar-refractivity contribution in [1.82, 2.24) is 15.1 Å². The Morgan fingerprint density at radius 1 is 1.05 bits per heavy atom. The molecular formula is C23H14F6N4O4S5. The standard InChI is InChI=1S/C23H14F6N4O4S5/c24-22(25,26)12-3-10(4-13(6-12)23(27,28)29)11-5-14(39-8-11)7-15-18(37)33(21(38)41-15)2-1-16(34)30-19-31-32-20(42-19)40-9-17(35)36/h3-8H,1-2,9H2,(H,35,36)(H,30,31,34)/b15-7-. The average Bonchev–Trinajstić information content (AvgIpc) is 3.61. The lowest BCUT2D eigenvalue weighted by Gasteiger charge is -2.13. The second-order valence-electron chi connectivity index (χ2n) is 8.22. The van der Waals surface area contributed by atoms with E-state index in [2.05, 4.69) is 15.5 Å². The van der Waals surface area contributed by atoms with Gasteiger partial charge in [0.25, 0.3) is 5.91 Å². The topological polar surface area (TPSA) is 112 Å². The molecule has 42 heavy (non-hydrogen) atoms. The average molecular weight is 685 g/mol. The summed E-state index contributed by atoms with van der Waals surface area (Å²) in [4.78, 5) is 37.6. The molecule has 19 heteroatoms. The van der Waals surface area contributed by atoms with E-state index in [-0.39, 0.29) is 50.3 Å². The van der Waals surface area contributed by atoms with E-state index in [1.807, 2.05) is 0 Å². The van der Waals surface area contributed by atoms with Crippen molar-refractivity contribution in [2.45, 2.75) is 23.1 Å². The van der Waals surface area contributed by atoms with Gasteiger partial charge in [0.15, 0.2) is 4.34 Å². The molecule has 3 heterocycles. The van der Waals surface area contributed by atoms with Crippen LogP contribution in [0.2, 0.25) is 0 Å². The third-order valence-electron chi connectivity index (χ3n) is 5.22. The van der Waals surface area contributed by atoms with E-state index in [1.165, 1.54) is 22.4 Å². The monoisotopic (exact) mass is 684 g/mol. The third kappa shape index (κ3) is 8.09. The molecule has 0 saturated carbocycles. The number of carbonyl (C=O) groups excluding carboxylic acids is 2. The van der Waals surface area contributed by atoms with E-state index >= 15 is 0 Å². The zero-order valence-electron chi connectivity index (χ0n) is 20.4. The minimum Gasteiger partial charge on any atom is -0.481 e. The number of thiophene rings is 1. The van der Waals surface area contributed by atoms with Gasteiger partial charge in [0, 0.05) is 17.8 Å². The van der Waals surface area contributed by atoms with Gasteiger partial charge >= 0.3 is 18.3 Å². The van der Waals surface area contributed by atoms with Crippen molar-refractivity contribution in [1.29, 1.82) is 0 Å². The van der Waals surface area contributed by atoms with Crippen LogP contribution in [-0.2, 0) is 26.7 Å². The van der Waals surface area contributed by atoms with Gasteiger partial charge in [-0.25, -0.2) is 0 Å². The number of rotatable bonds is 9. The molecule has 4 rings (SSSR count). The summed E-state index contributed by atoms with van der Waals surface area (Å²) < 4.78 is 79.9. The molecule has 222 valence electrons. The number of carboxylic acid groups (broad SMARTS) is 1. The van der Waals surface area contributed by atoms with Gasteiger partial charge < -0.3 is 10.4 Å². The van der Waals surface area contributed by atoms with Crippen LogP contribution in [0.5, 0.6) is 0 Å². The van der Waals surface area contributed by atoms with Gasteiger partial charge in [-0.2, -0.15) is 26.3 Å². The van der Waals surface area contributed by atoms with Crippen molar-refractivity contribution in [3.05, 3.63) is 50.6 Å². The molecule has 1 aromatic carbocycles. The van der Waals surface area contributed by atoms with Crippen molar-refractivity contribution >= 4 is 91.7 Å². The van der Waals surface area contributed by atoms with Gasteiger partial charge in [-0.1, -0.05) is 47.1 Å². The van der Waals surface area contributed by atoms with Crippen LogP contribution in [0.3, 0.4) is 0 Å². The summed E-state index contributed by atoms with van der Waals surface area (Å²) in [6.07, 6.45) is -8.71. The smallest absolute Gasteiger partial charge is 0.416 e. The largest absolute Gasteiger partial charge is 0.481 e. The first-order valence-corrected chi connectivity index (χ1v) is 15.1.